The summed E-state index contributed by atoms with van der Waals surface area (Å²) >= 11 is 5.38. The van der Waals surface area contributed by atoms with E-state index in [-0.39, 0.29) is 17.1 Å². The van der Waals surface area contributed by atoms with Crippen LogP contribution >= 0.6 is 12.2 Å². The molecule has 0 atom stereocenters. The largest absolute Gasteiger partial charge is 0.324 e. The lowest BCUT2D eigenvalue weighted by molar-refractivity contribution is -0.125. The van der Waals surface area contributed by atoms with E-state index in [0.717, 1.165) is 57.2 Å². The molecule has 3 amide bonds. The first-order chi connectivity index (χ1) is 13.5. The van der Waals surface area contributed by atoms with Crippen LogP contribution in [0.25, 0.3) is 0 Å². The van der Waals surface area contributed by atoms with E-state index in [0.29, 0.717) is 13.0 Å². The van der Waals surface area contributed by atoms with Gasteiger partial charge in [-0.3, -0.25) is 15.0 Å². The predicted molar refractivity (Wildman–Crippen MR) is 119 cm³/mol. The molecule has 0 aromatic heterocycles. The van der Waals surface area contributed by atoms with E-state index >= 15 is 0 Å². The van der Waals surface area contributed by atoms with Crippen molar-refractivity contribution in [3.8, 4) is 0 Å². The number of benzene rings is 1. The second-order valence-corrected chi connectivity index (χ2v) is 7.43. The van der Waals surface area contributed by atoms with E-state index in [9.17, 15) is 9.59 Å². The van der Waals surface area contributed by atoms with E-state index in [4.69, 9.17) is 12.2 Å². The number of unbranched alkanes of at least 4 members (excludes halogenated alkanes) is 4. The second kappa shape index (κ2) is 14.1. The molecule has 1 rings (SSSR count). The molecule has 0 saturated carbocycles. The summed E-state index contributed by atoms with van der Waals surface area (Å²) < 4.78 is 0. The van der Waals surface area contributed by atoms with Crippen LogP contribution in [0.3, 0.4) is 0 Å². The third-order valence-electron chi connectivity index (χ3n) is 4.66. The van der Waals surface area contributed by atoms with E-state index in [1.165, 1.54) is 11.8 Å². The minimum Gasteiger partial charge on any atom is -0.324 e. The molecular formula is C22H35N3O2S. The summed E-state index contributed by atoms with van der Waals surface area (Å²) in [6.45, 7) is 7.65. The zero-order chi connectivity index (χ0) is 20.8. The van der Waals surface area contributed by atoms with Crippen molar-refractivity contribution in [3.05, 3.63) is 35.9 Å². The number of rotatable bonds is 11. The zero-order valence-corrected chi connectivity index (χ0v) is 18.4. The van der Waals surface area contributed by atoms with Crippen LogP contribution in [0.2, 0.25) is 0 Å². The van der Waals surface area contributed by atoms with Crippen molar-refractivity contribution in [2.75, 3.05) is 19.6 Å². The molecule has 0 heterocycles. The highest BCUT2D eigenvalue weighted by atomic mass is 32.1. The highest BCUT2D eigenvalue weighted by Crippen LogP contribution is 2.05. The Morgan fingerprint density at radius 3 is 2.00 bits per heavy atom. The molecule has 0 fully saturated rings. The second-order valence-electron chi connectivity index (χ2n) is 7.04. The van der Waals surface area contributed by atoms with Crippen LogP contribution in [0, 0.1) is 0 Å². The standard InChI is InChI=1S/C22H35N3O2S/c1-4-6-11-16-24(17-12-7-5-2)21(27)23-22(28)25(19(3)26)18-15-20-13-9-8-10-14-20/h8-10,13-14H,4-7,11-12,15-18H2,1-3H3,(H,23,27,28). The topological polar surface area (TPSA) is 52.7 Å². The van der Waals surface area contributed by atoms with Gasteiger partial charge in [0.05, 0.1) is 0 Å². The molecule has 0 bridgehead atoms. The molecule has 1 aromatic carbocycles. The van der Waals surface area contributed by atoms with Gasteiger partial charge in [0, 0.05) is 26.6 Å². The molecule has 156 valence electrons. The number of carbonyl (C=O) groups excluding carboxylic acids is 2. The molecule has 6 heteroatoms. The van der Waals surface area contributed by atoms with E-state index < -0.39 is 0 Å². The number of carbonyl (C=O) groups is 2. The fourth-order valence-electron chi connectivity index (χ4n) is 2.95. The Bertz CT molecular complexity index is 597. The number of urea groups is 1. The molecule has 1 aromatic rings. The minimum absolute atomic E-state index is 0.162. The van der Waals surface area contributed by atoms with Gasteiger partial charge in [-0.2, -0.15) is 0 Å². The normalized spacial score (nSPS) is 10.4. The van der Waals surface area contributed by atoms with Gasteiger partial charge in [0.25, 0.3) is 0 Å². The Kier molecular flexibility index (Phi) is 12.1. The summed E-state index contributed by atoms with van der Waals surface area (Å²) in [6, 6.07) is 9.73. The molecule has 0 radical (unpaired) electrons. The summed E-state index contributed by atoms with van der Waals surface area (Å²) in [6.07, 6.45) is 7.06. The maximum atomic E-state index is 12.7. The summed E-state index contributed by atoms with van der Waals surface area (Å²) in [7, 11) is 0. The van der Waals surface area contributed by atoms with Crippen molar-refractivity contribution in [1.82, 2.24) is 15.1 Å². The molecule has 0 saturated heterocycles. The first kappa shape index (κ1) is 24.1. The number of nitrogens with zero attached hydrogens (tertiary/aromatic N) is 2. The number of nitrogens with one attached hydrogen (secondary N) is 1. The van der Waals surface area contributed by atoms with Crippen molar-refractivity contribution in [2.24, 2.45) is 0 Å². The van der Waals surface area contributed by atoms with Crippen LogP contribution in [0.15, 0.2) is 30.3 Å². The lowest BCUT2D eigenvalue weighted by atomic mass is 10.1. The molecule has 0 aliphatic heterocycles. The Hall–Kier alpha value is -1.95. The maximum absolute atomic E-state index is 12.7. The van der Waals surface area contributed by atoms with Crippen LogP contribution in [0.5, 0.6) is 0 Å². The molecular weight excluding hydrogens is 370 g/mol. The maximum Gasteiger partial charge on any atom is 0.323 e. The van der Waals surface area contributed by atoms with Crippen LogP contribution in [0.1, 0.15) is 64.9 Å². The Labute approximate surface area is 175 Å². The summed E-state index contributed by atoms with van der Waals surface area (Å²) in [4.78, 5) is 28.1. The molecule has 0 aliphatic rings. The van der Waals surface area contributed by atoms with Gasteiger partial charge in [-0.15, -0.1) is 0 Å². The summed E-state index contributed by atoms with van der Waals surface area (Å²) in [5.41, 5.74) is 1.13. The number of thiocarbonyl (C=S) groups is 1. The van der Waals surface area contributed by atoms with Crippen molar-refractivity contribution < 1.29 is 9.59 Å². The minimum atomic E-state index is -0.205. The van der Waals surface area contributed by atoms with Crippen LogP contribution in [-0.2, 0) is 11.2 Å². The fourth-order valence-corrected chi connectivity index (χ4v) is 3.25. The third kappa shape index (κ3) is 9.31. The zero-order valence-electron chi connectivity index (χ0n) is 17.6. The van der Waals surface area contributed by atoms with Crippen molar-refractivity contribution >= 4 is 29.3 Å². The van der Waals surface area contributed by atoms with Gasteiger partial charge >= 0.3 is 6.03 Å². The first-order valence-corrected chi connectivity index (χ1v) is 10.8. The van der Waals surface area contributed by atoms with Crippen LogP contribution in [-0.4, -0.2) is 46.5 Å². The number of hydrogen-bond donors (Lipinski definition) is 1. The van der Waals surface area contributed by atoms with E-state index in [1.807, 2.05) is 35.2 Å². The molecule has 1 N–H and O–H groups in total. The van der Waals surface area contributed by atoms with Gasteiger partial charge in [-0.05, 0) is 37.0 Å². The third-order valence-corrected chi connectivity index (χ3v) is 4.98. The average Bonchev–Trinajstić information content (AvgIpc) is 2.67. The number of amides is 3. The highest BCUT2D eigenvalue weighted by molar-refractivity contribution is 7.80. The van der Waals surface area contributed by atoms with Gasteiger partial charge in [-0.25, -0.2) is 4.79 Å². The van der Waals surface area contributed by atoms with Crippen molar-refractivity contribution in [2.45, 2.75) is 65.7 Å². The Morgan fingerprint density at radius 2 is 1.50 bits per heavy atom. The van der Waals surface area contributed by atoms with Gasteiger partial charge in [0.2, 0.25) is 5.91 Å². The Morgan fingerprint density at radius 1 is 0.929 bits per heavy atom. The summed E-state index contributed by atoms with van der Waals surface area (Å²) in [5.74, 6) is -0.162. The summed E-state index contributed by atoms with van der Waals surface area (Å²) in [5, 5.41) is 2.96. The van der Waals surface area contributed by atoms with Crippen LogP contribution in [0.4, 0.5) is 4.79 Å². The van der Waals surface area contributed by atoms with E-state index in [2.05, 4.69) is 19.2 Å². The molecule has 0 unspecified atom stereocenters. The monoisotopic (exact) mass is 405 g/mol. The Balaban J connectivity index is 2.65. The van der Waals surface area contributed by atoms with Crippen LogP contribution < -0.4 is 5.32 Å². The van der Waals surface area contributed by atoms with Gasteiger partial charge in [-0.1, -0.05) is 69.9 Å². The SMILES string of the molecule is CCCCCN(CCCCC)C(=O)NC(=S)N(CCc1ccccc1)C(C)=O. The van der Waals surface area contributed by atoms with E-state index in [1.54, 1.807) is 0 Å². The van der Waals surface area contributed by atoms with Crippen molar-refractivity contribution in [3.63, 3.8) is 0 Å². The lowest BCUT2D eigenvalue weighted by Crippen LogP contribution is -2.50. The lowest BCUT2D eigenvalue weighted by Gasteiger charge is -2.27. The predicted octanol–water partition coefficient (Wildman–Crippen LogP) is 4.75. The molecule has 0 aliphatic carbocycles. The van der Waals surface area contributed by atoms with Gasteiger partial charge in [0.1, 0.15) is 0 Å². The molecule has 5 nitrogen and oxygen atoms in total. The smallest absolute Gasteiger partial charge is 0.323 e. The van der Waals surface area contributed by atoms with Gasteiger partial charge in [0.15, 0.2) is 5.11 Å². The van der Waals surface area contributed by atoms with Crippen molar-refractivity contribution in [1.29, 1.82) is 0 Å². The molecule has 28 heavy (non-hydrogen) atoms. The quantitative estimate of drug-likeness (QED) is 0.427. The highest BCUT2D eigenvalue weighted by Gasteiger charge is 2.20. The molecule has 0 spiro atoms. The average molecular weight is 406 g/mol. The number of hydrogen-bond acceptors (Lipinski definition) is 3. The first-order valence-electron chi connectivity index (χ1n) is 10.4. The fraction of sp³-hybridized carbons (Fsp3) is 0.591. The van der Waals surface area contributed by atoms with Gasteiger partial charge < -0.3 is 4.90 Å².